The van der Waals surface area contributed by atoms with Gasteiger partial charge >= 0.3 is 35.2 Å². The summed E-state index contributed by atoms with van der Waals surface area (Å²) in [5.74, 6) is 0.343. The summed E-state index contributed by atoms with van der Waals surface area (Å²) >= 11 is 0. The van der Waals surface area contributed by atoms with E-state index in [-0.39, 0.29) is 29.6 Å². The minimum atomic E-state index is -0.412. The van der Waals surface area contributed by atoms with Crippen molar-refractivity contribution in [2.45, 2.75) is 0 Å². The third-order valence-corrected chi connectivity index (χ3v) is 0.856. The normalized spacial score (nSPS) is 8.56. The molecule has 5 heteroatoms. The molecule has 0 fully saturated rings. The third kappa shape index (κ3) is 1.89. The van der Waals surface area contributed by atoms with Crippen molar-refractivity contribution in [3.8, 4) is 0 Å². The summed E-state index contributed by atoms with van der Waals surface area (Å²) in [6, 6.07) is 1.22. The van der Waals surface area contributed by atoms with Crippen LogP contribution in [0.3, 0.4) is 0 Å². The molecule has 1 aromatic rings. The van der Waals surface area contributed by atoms with Crippen LogP contribution in [0.1, 0.15) is 0 Å². The van der Waals surface area contributed by atoms with Gasteiger partial charge in [0.1, 0.15) is 5.82 Å². The molecule has 1 rings (SSSR count). The molecular formula is C4H7N2NaO2. The van der Waals surface area contributed by atoms with Crippen LogP contribution in [-0.2, 0) is 7.05 Å². The van der Waals surface area contributed by atoms with Crippen molar-refractivity contribution >= 4 is 35.4 Å². The SMILES string of the molecule is Cn1oc(=O)cc1N.[NaH]. The van der Waals surface area contributed by atoms with Gasteiger partial charge in [-0.05, 0) is 0 Å². The Kier molecular flexibility index (Phi) is 3.03. The molecule has 0 saturated heterocycles. The molecule has 0 aliphatic heterocycles. The van der Waals surface area contributed by atoms with Crippen molar-refractivity contribution in [2.24, 2.45) is 7.05 Å². The van der Waals surface area contributed by atoms with Crippen LogP contribution in [0.4, 0.5) is 5.82 Å². The number of aromatic nitrogens is 1. The minimum absolute atomic E-state index is 0. The van der Waals surface area contributed by atoms with Crippen LogP contribution in [0.25, 0.3) is 0 Å². The van der Waals surface area contributed by atoms with Gasteiger partial charge in [-0.2, -0.15) is 4.74 Å². The summed E-state index contributed by atoms with van der Waals surface area (Å²) in [7, 11) is 1.57. The molecule has 0 radical (unpaired) electrons. The van der Waals surface area contributed by atoms with Crippen molar-refractivity contribution in [3.05, 3.63) is 16.5 Å². The third-order valence-electron chi connectivity index (χ3n) is 0.856. The quantitative estimate of drug-likeness (QED) is 0.463. The summed E-state index contributed by atoms with van der Waals surface area (Å²) in [5.41, 5.74) is 4.80. The molecule has 4 nitrogen and oxygen atoms in total. The monoisotopic (exact) mass is 138 g/mol. The average Bonchev–Trinajstić information content (AvgIpc) is 1.85. The predicted molar refractivity (Wildman–Crippen MR) is 35.5 cm³/mol. The van der Waals surface area contributed by atoms with Gasteiger partial charge in [-0.25, -0.2) is 4.79 Å². The van der Waals surface area contributed by atoms with E-state index in [1.807, 2.05) is 0 Å². The zero-order valence-electron chi connectivity index (χ0n) is 4.42. The Balaban J connectivity index is 0.000000640. The maximum absolute atomic E-state index is 10.2. The van der Waals surface area contributed by atoms with Gasteiger partial charge in [-0.15, -0.1) is 0 Å². The van der Waals surface area contributed by atoms with Gasteiger partial charge in [0.2, 0.25) is 0 Å². The molecule has 9 heavy (non-hydrogen) atoms. The zero-order chi connectivity index (χ0) is 6.15. The predicted octanol–water partition coefficient (Wildman–Crippen LogP) is -1.09. The Morgan fingerprint density at radius 1 is 1.78 bits per heavy atom. The average molecular weight is 138 g/mol. The number of hydrogen-bond donors (Lipinski definition) is 1. The number of aryl methyl sites for hydroxylation is 1. The van der Waals surface area contributed by atoms with Crippen LogP contribution >= 0.6 is 0 Å². The van der Waals surface area contributed by atoms with Gasteiger partial charge in [-0.1, -0.05) is 0 Å². The molecule has 0 atom stereocenters. The van der Waals surface area contributed by atoms with E-state index < -0.39 is 5.63 Å². The van der Waals surface area contributed by atoms with E-state index in [2.05, 4.69) is 4.52 Å². The number of nitrogens with two attached hydrogens (primary N) is 1. The van der Waals surface area contributed by atoms with E-state index in [1.165, 1.54) is 10.8 Å². The first-order chi connectivity index (χ1) is 3.70. The van der Waals surface area contributed by atoms with Gasteiger partial charge in [0.05, 0.1) is 6.07 Å². The standard InChI is InChI=1S/C4H6N2O2.Na.H/c1-6-3(5)2-4(7)8-6;;/h2H,5H2,1H3;;. The van der Waals surface area contributed by atoms with Crippen molar-refractivity contribution in [1.82, 2.24) is 4.74 Å². The molecule has 2 N–H and O–H groups in total. The second-order valence-corrected chi connectivity index (χ2v) is 1.48. The van der Waals surface area contributed by atoms with E-state index in [0.29, 0.717) is 5.82 Å². The first-order valence-electron chi connectivity index (χ1n) is 2.13. The van der Waals surface area contributed by atoms with Gasteiger partial charge in [-0.3, -0.25) is 0 Å². The molecule has 0 amide bonds. The van der Waals surface area contributed by atoms with E-state index in [0.717, 1.165) is 0 Å². The van der Waals surface area contributed by atoms with Crippen LogP contribution in [0.2, 0.25) is 0 Å². The second kappa shape index (κ2) is 3.10. The molecule has 0 bridgehead atoms. The van der Waals surface area contributed by atoms with Crippen molar-refractivity contribution < 1.29 is 4.52 Å². The Morgan fingerprint density at radius 3 is 2.44 bits per heavy atom. The van der Waals surface area contributed by atoms with Gasteiger partial charge in [0.25, 0.3) is 0 Å². The molecule has 1 aromatic heterocycles. The fraction of sp³-hybridized carbons (Fsp3) is 0.250. The van der Waals surface area contributed by atoms with E-state index in [9.17, 15) is 4.79 Å². The molecule has 0 aliphatic carbocycles. The summed E-state index contributed by atoms with van der Waals surface area (Å²) < 4.78 is 5.66. The molecular weight excluding hydrogens is 131 g/mol. The molecule has 46 valence electrons. The summed E-state index contributed by atoms with van der Waals surface area (Å²) in [6.45, 7) is 0. The van der Waals surface area contributed by atoms with E-state index >= 15 is 0 Å². The first-order valence-corrected chi connectivity index (χ1v) is 2.13. The fourth-order valence-corrected chi connectivity index (χ4v) is 0.426. The molecule has 0 aliphatic rings. The summed E-state index contributed by atoms with van der Waals surface area (Å²) in [4.78, 5) is 10.2. The number of rotatable bonds is 0. The van der Waals surface area contributed by atoms with Crippen molar-refractivity contribution in [1.29, 1.82) is 0 Å². The van der Waals surface area contributed by atoms with E-state index in [1.54, 1.807) is 7.05 Å². The van der Waals surface area contributed by atoms with E-state index in [4.69, 9.17) is 5.73 Å². The van der Waals surface area contributed by atoms with Crippen LogP contribution < -0.4 is 11.4 Å². The van der Waals surface area contributed by atoms with Gasteiger partial charge < -0.3 is 10.3 Å². The van der Waals surface area contributed by atoms with Crippen LogP contribution in [0.15, 0.2) is 15.4 Å². The summed E-state index contributed by atoms with van der Waals surface area (Å²) in [5, 5.41) is 0. The molecule has 0 aromatic carbocycles. The number of nitrogens with zero attached hydrogens (tertiary/aromatic N) is 1. The number of nitrogen functional groups attached to an aromatic ring is 1. The Labute approximate surface area is 73.9 Å². The Hall–Kier alpha value is -0.190. The zero-order valence-corrected chi connectivity index (χ0v) is 4.42. The van der Waals surface area contributed by atoms with Crippen molar-refractivity contribution in [2.75, 3.05) is 5.73 Å². The van der Waals surface area contributed by atoms with Crippen molar-refractivity contribution in [3.63, 3.8) is 0 Å². The second-order valence-electron chi connectivity index (χ2n) is 1.48. The molecule has 1 heterocycles. The van der Waals surface area contributed by atoms with Gasteiger partial charge in [0.15, 0.2) is 0 Å². The Bertz CT molecular complexity index is 216. The Morgan fingerprint density at radius 2 is 2.33 bits per heavy atom. The fourth-order valence-electron chi connectivity index (χ4n) is 0.426. The summed E-state index contributed by atoms with van der Waals surface area (Å²) in [6.07, 6.45) is 0. The van der Waals surface area contributed by atoms with Crippen LogP contribution in [0, 0.1) is 0 Å². The van der Waals surface area contributed by atoms with Crippen LogP contribution in [-0.4, -0.2) is 34.3 Å². The van der Waals surface area contributed by atoms with Gasteiger partial charge in [0, 0.05) is 7.05 Å². The maximum atomic E-state index is 10.2. The molecule has 0 unspecified atom stereocenters. The first kappa shape index (κ1) is 8.81. The number of hydrogen-bond acceptors (Lipinski definition) is 3. The molecule has 0 spiro atoms. The van der Waals surface area contributed by atoms with Crippen LogP contribution in [0.5, 0.6) is 0 Å². The number of anilines is 1. The molecule has 0 saturated carbocycles. The topological polar surface area (TPSA) is 61.2 Å².